The van der Waals surface area contributed by atoms with Crippen molar-refractivity contribution in [3.63, 3.8) is 0 Å². The predicted octanol–water partition coefficient (Wildman–Crippen LogP) is 3.12. The standard InChI is InChI=1S/C25H29N7O9S2/c1-41-25(35)16-4-2-3-5-18(16)29-30-19-13-22(43(38,39)40)23(27)24(17(19)14-26)32-31-20-12-15(6-7-21(20)34)28-8-10-42(36,37)11-9-33/h2-7,12-13,28,33-34H,8-11,14,26-27H2,1H3,(H,38,39,40). The van der Waals surface area contributed by atoms with E-state index < -0.39 is 43.1 Å². The fourth-order valence-electron chi connectivity index (χ4n) is 3.67. The number of nitrogen functional groups attached to an aromatic ring is 1. The second-order valence-corrected chi connectivity index (χ2v) is 12.4. The number of anilines is 2. The van der Waals surface area contributed by atoms with Crippen LogP contribution in [0.4, 0.5) is 34.1 Å². The molecule has 0 aliphatic carbocycles. The Labute approximate surface area is 246 Å². The first-order chi connectivity index (χ1) is 20.3. The van der Waals surface area contributed by atoms with Crippen molar-refractivity contribution in [2.24, 2.45) is 26.2 Å². The Hall–Kier alpha value is -4.49. The summed E-state index contributed by atoms with van der Waals surface area (Å²) >= 11 is 0. The number of aromatic hydroxyl groups is 1. The first-order valence-corrected chi connectivity index (χ1v) is 15.6. The first-order valence-electron chi connectivity index (χ1n) is 12.3. The minimum atomic E-state index is -4.90. The van der Waals surface area contributed by atoms with Crippen molar-refractivity contribution in [1.82, 2.24) is 0 Å². The predicted molar refractivity (Wildman–Crippen MR) is 157 cm³/mol. The lowest BCUT2D eigenvalue weighted by Crippen LogP contribution is -2.20. The summed E-state index contributed by atoms with van der Waals surface area (Å²) < 4.78 is 62.4. The van der Waals surface area contributed by atoms with E-state index in [1.165, 1.54) is 37.4 Å². The average molecular weight is 636 g/mol. The second kappa shape index (κ2) is 14.1. The number of sulfone groups is 1. The average Bonchev–Trinajstić information content (AvgIpc) is 2.95. The van der Waals surface area contributed by atoms with Crippen LogP contribution >= 0.6 is 0 Å². The molecule has 3 aromatic carbocycles. The molecule has 0 aliphatic heterocycles. The molecule has 0 aliphatic rings. The Bertz CT molecular complexity index is 1780. The number of carbonyl (C=O) groups is 1. The summed E-state index contributed by atoms with van der Waals surface area (Å²) in [5, 5.41) is 38.0. The highest BCUT2D eigenvalue weighted by Crippen LogP contribution is 2.42. The van der Waals surface area contributed by atoms with Crippen LogP contribution in [0, 0.1) is 0 Å². The number of nitrogens with two attached hydrogens (primary N) is 2. The summed E-state index contributed by atoms with van der Waals surface area (Å²) in [5.41, 5.74) is 11.5. The highest BCUT2D eigenvalue weighted by molar-refractivity contribution is 7.91. The van der Waals surface area contributed by atoms with Crippen molar-refractivity contribution in [1.29, 1.82) is 0 Å². The van der Waals surface area contributed by atoms with Crippen LogP contribution in [-0.2, 0) is 31.2 Å². The molecule has 43 heavy (non-hydrogen) atoms. The minimum absolute atomic E-state index is 0.00215. The van der Waals surface area contributed by atoms with Gasteiger partial charge >= 0.3 is 5.97 Å². The topological polar surface area (TPSA) is 269 Å². The van der Waals surface area contributed by atoms with Crippen LogP contribution in [0.25, 0.3) is 0 Å². The fourth-order valence-corrected chi connectivity index (χ4v) is 5.20. The third-order valence-electron chi connectivity index (χ3n) is 5.82. The molecule has 0 heterocycles. The lowest BCUT2D eigenvalue weighted by atomic mass is 10.1. The van der Waals surface area contributed by atoms with Gasteiger partial charge in [0.05, 0.1) is 42.2 Å². The van der Waals surface area contributed by atoms with Crippen LogP contribution in [0.3, 0.4) is 0 Å². The largest absolute Gasteiger partial charge is 0.506 e. The zero-order valence-electron chi connectivity index (χ0n) is 22.7. The number of nitrogens with zero attached hydrogens (tertiary/aromatic N) is 4. The monoisotopic (exact) mass is 635 g/mol. The molecule has 0 radical (unpaired) electrons. The molecule has 18 heteroatoms. The van der Waals surface area contributed by atoms with Crippen LogP contribution in [-0.4, -0.2) is 69.3 Å². The van der Waals surface area contributed by atoms with Gasteiger partial charge in [0.15, 0.2) is 9.84 Å². The van der Waals surface area contributed by atoms with Crippen molar-refractivity contribution < 1.29 is 41.1 Å². The van der Waals surface area contributed by atoms with Crippen LogP contribution in [0.2, 0.25) is 0 Å². The zero-order valence-corrected chi connectivity index (χ0v) is 24.3. The molecule has 0 aromatic heterocycles. The SMILES string of the molecule is COC(=O)c1ccccc1N=Nc1cc(S(=O)(=O)O)c(N)c(N=Nc2cc(NCCS(=O)(=O)CCO)ccc2O)c1CN. The number of phenolic OH excluding ortho intramolecular Hbond substituents is 1. The number of aliphatic hydroxyl groups is 1. The van der Waals surface area contributed by atoms with Crippen LogP contribution in [0.15, 0.2) is 73.9 Å². The van der Waals surface area contributed by atoms with Gasteiger partial charge in [-0.2, -0.15) is 13.5 Å². The Morgan fingerprint density at radius 2 is 1.63 bits per heavy atom. The molecule has 0 saturated carbocycles. The molecule has 0 atom stereocenters. The molecule has 0 saturated heterocycles. The Morgan fingerprint density at radius 1 is 0.953 bits per heavy atom. The molecule has 16 nitrogen and oxygen atoms in total. The molecular weight excluding hydrogens is 606 g/mol. The normalized spacial score (nSPS) is 12.2. The van der Waals surface area contributed by atoms with E-state index in [1.54, 1.807) is 12.1 Å². The molecule has 3 aromatic rings. The number of carbonyl (C=O) groups excluding carboxylic acids is 1. The smallest absolute Gasteiger partial charge is 0.340 e. The van der Waals surface area contributed by atoms with E-state index in [0.29, 0.717) is 5.69 Å². The van der Waals surface area contributed by atoms with E-state index >= 15 is 0 Å². The van der Waals surface area contributed by atoms with E-state index in [-0.39, 0.29) is 64.2 Å². The van der Waals surface area contributed by atoms with Gasteiger partial charge in [0.25, 0.3) is 10.1 Å². The van der Waals surface area contributed by atoms with E-state index in [4.69, 9.17) is 21.3 Å². The molecule has 0 fully saturated rings. The van der Waals surface area contributed by atoms with Gasteiger partial charge in [0.1, 0.15) is 27.7 Å². The molecule has 0 bridgehead atoms. The number of hydrogen-bond donors (Lipinski definition) is 6. The van der Waals surface area contributed by atoms with Gasteiger partial charge < -0.3 is 31.7 Å². The van der Waals surface area contributed by atoms with Gasteiger partial charge in [-0.3, -0.25) is 4.55 Å². The number of rotatable bonds is 13. The minimum Gasteiger partial charge on any atom is -0.506 e. The van der Waals surface area contributed by atoms with Crippen LogP contribution in [0.1, 0.15) is 15.9 Å². The number of benzene rings is 3. The number of phenols is 1. The number of nitrogens with one attached hydrogen (secondary N) is 1. The van der Waals surface area contributed by atoms with Gasteiger partial charge in [-0.25, -0.2) is 13.2 Å². The number of esters is 1. The summed E-state index contributed by atoms with van der Waals surface area (Å²) in [6.45, 7) is -0.798. The number of aliphatic hydroxyl groups excluding tert-OH is 1. The van der Waals surface area contributed by atoms with Gasteiger partial charge in [-0.15, -0.1) is 15.3 Å². The summed E-state index contributed by atoms with van der Waals surface area (Å²) in [4.78, 5) is 11.3. The lowest BCUT2D eigenvalue weighted by molar-refractivity contribution is 0.0601. The van der Waals surface area contributed by atoms with Crippen molar-refractivity contribution in [2.45, 2.75) is 11.4 Å². The molecule has 0 amide bonds. The first kappa shape index (κ1) is 33.0. The van der Waals surface area contributed by atoms with Crippen molar-refractivity contribution in [3.8, 4) is 5.75 Å². The van der Waals surface area contributed by atoms with Gasteiger partial charge in [-0.05, 0) is 36.4 Å². The zero-order chi connectivity index (χ0) is 31.8. The Balaban J connectivity index is 2.05. The Morgan fingerprint density at radius 3 is 2.28 bits per heavy atom. The summed E-state index contributed by atoms with van der Waals surface area (Å²) in [5.74, 6) is -1.66. The number of azo groups is 2. The lowest BCUT2D eigenvalue weighted by Gasteiger charge is -2.13. The molecular formula is C25H29N7O9S2. The highest BCUT2D eigenvalue weighted by atomic mass is 32.2. The van der Waals surface area contributed by atoms with Gasteiger partial charge in [0.2, 0.25) is 0 Å². The number of hydrogen-bond acceptors (Lipinski definition) is 15. The fraction of sp³-hybridized carbons (Fsp3) is 0.240. The van der Waals surface area contributed by atoms with Gasteiger partial charge in [0, 0.05) is 24.3 Å². The van der Waals surface area contributed by atoms with Crippen molar-refractivity contribution >= 4 is 60.0 Å². The van der Waals surface area contributed by atoms with Crippen LogP contribution in [0.5, 0.6) is 5.75 Å². The van der Waals surface area contributed by atoms with Gasteiger partial charge in [-0.1, -0.05) is 12.1 Å². The number of ether oxygens (including phenoxy) is 1. The summed E-state index contributed by atoms with van der Waals surface area (Å²) in [6, 6.07) is 11.1. The molecule has 3 rings (SSSR count). The van der Waals surface area contributed by atoms with E-state index in [0.717, 1.165) is 6.07 Å². The van der Waals surface area contributed by atoms with Crippen molar-refractivity contribution in [3.05, 3.63) is 59.7 Å². The molecule has 230 valence electrons. The van der Waals surface area contributed by atoms with Crippen LogP contribution < -0.4 is 16.8 Å². The van der Waals surface area contributed by atoms with E-state index in [1.807, 2.05) is 0 Å². The second-order valence-electron chi connectivity index (χ2n) is 8.73. The molecule has 8 N–H and O–H groups in total. The Kier molecular flexibility index (Phi) is 10.8. The van der Waals surface area contributed by atoms with E-state index in [2.05, 4.69) is 25.8 Å². The molecule has 0 unspecified atom stereocenters. The molecule has 0 spiro atoms. The maximum absolute atomic E-state index is 12.1. The third-order valence-corrected chi connectivity index (χ3v) is 8.34. The summed E-state index contributed by atoms with van der Waals surface area (Å²) in [7, 11) is -7.19. The van der Waals surface area contributed by atoms with Crippen molar-refractivity contribution in [2.75, 3.05) is 42.8 Å². The maximum atomic E-state index is 12.1. The summed E-state index contributed by atoms with van der Waals surface area (Å²) in [6.07, 6.45) is 0. The maximum Gasteiger partial charge on any atom is 0.340 e. The third kappa shape index (κ3) is 8.52. The van der Waals surface area contributed by atoms with E-state index in [9.17, 15) is 31.3 Å². The number of methoxy groups -OCH3 is 1. The quantitative estimate of drug-likeness (QED) is 0.0520. The highest BCUT2D eigenvalue weighted by Gasteiger charge is 2.23.